The van der Waals surface area contributed by atoms with Crippen LogP contribution in [-0.2, 0) is 4.79 Å². The minimum atomic E-state index is -0.973. The molecular weight excluding hydrogens is 266 g/mol. The molecule has 3 N–H and O–H groups in total. The molecule has 1 aliphatic heterocycles. The van der Waals surface area contributed by atoms with Crippen LogP contribution < -0.4 is 5.73 Å². The maximum absolute atomic E-state index is 11.4. The van der Waals surface area contributed by atoms with Crippen LogP contribution in [0.25, 0.3) is 0 Å². The molecule has 0 aromatic carbocycles. The van der Waals surface area contributed by atoms with E-state index >= 15 is 0 Å². The molecule has 2 rings (SSSR count). The lowest BCUT2D eigenvalue weighted by molar-refractivity contribution is -0.144. The Hall–Kier alpha value is -0.650. The van der Waals surface area contributed by atoms with E-state index in [9.17, 15) is 9.90 Å². The van der Waals surface area contributed by atoms with E-state index in [0.29, 0.717) is 6.42 Å². The first-order chi connectivity index (χ1) is 9.91. The quantitative estimate of drug-likeness (QED) is 0.772. The number of carboxylic acids is 1. The van der Waals surface area contributed by atoms with Gasteiger partial charge in [-0.3, -0.25) is 4.79 Å². The van der Waals surface area contributed by atoms with Crippen molar-refractivity contribution >= 4 is 5.97 Å². The summed E-state index contributed by atoms with van der Waals surface area (Å²) in [5, 5.41) is 9.35. The molecule has 0 aromatic heterocycles. The number of hydrogen-bond donors (Lipinski definition) is 2. The third-order valence-electron chi connectivity index (χ3n) is 5.15. The SMILES string of the molecule is CC(C)CN1CCN(CCC2CCCC2(N)C(=O)O)CC1. The summed E-state index contributed by atoms with van der Waals surface area (Å²) < 4.78 is 0. The number of rotatable bonds is 6. The largest absolute Gasteiger partial charge is 0.480 e. The van der Waals surface area contributed by atoms with E-state index in [4.69, 9.17) is 5.73 Å². The second-order valence-electron chi connectivity index (χ2n) is 7.26. The van der Waals surface area contributed by atoms with Crippen molar-refractivity contribution in [2.45, 2.75) is 45.1 Å². The highest BCUT2D eigenvalue weighted by molar-refractivity contribution is 5.79. The number of piperazine rings is 1. The summed E-state index contributed by atoms with van der Waals surface area (Å²) in [5.41, 5.74) is 5.14. The zero-order chi connectivity index (χ0) is 15.5. The van der Waals surface area contributed by atoms with Gasteiger partial charge in [0, 0.05) is 32.7 Å². The van der Waals surface area contributed by atoms with Crippen LogP contribution in [0.5, 0.6) is 0 Å². The van der Waals surface area contributed by atoms with Gasteiger partial charge in [0.25, 0.3) is 0 Å². The Morgan fingerprint density at radius 1 is 1.29 bits per heavy atom. The van der Waals surface area contributed by atoms with Crippen molar-refractivity contribution in [3.8, 4) is 0 Å². The molecule has 21 heavy (non-hydrogen) atoms. The van der Waals surface area contributed by atoms with E-state index in [1.807, 2.05) is 0 Å². The highest BCUT2D eigenvalue weighted by atomic mass is 16.4. The second-order valence-corrected chi connectivity index (χ2v) is 7.26. The lowest BCUT2D eigenvalue weighted by atomic mass is 9.85. The predicted octanol–water partition coefficient (Wildman–Crippen LogP) is 1.23. The lowest BCUT2D eigenvalue weighted by Gasteiger charge is -2.36. The molecule has 1 aliphatic carbocycles. The van der Waals surface area contributed by atoms with Gasteiger partial charge in [0.2, 0.25) is 0 Å². The molecule has 0 bridgehead atoms. The number of carbonyl (C=O) groups is 1. The fourth-order valence-electron chi connectivity index (χ4n) is 3.84. The summed E-state index contributed by atoms with van der Waals surface area (Å²) in [4.78, 5) is 16.4. The van der Waals surface area contributed by atoms with E-state index in [2.05, 4.69) is 23.6 Å². The highest BCUT2D eigenvalue weighted by Crippen LogP contribution is 2.36. The maximum atomic E-state index is 11.4. The highest BCUT2D eigenvalue weighted by Gasteiger charge is 2.45. The third kappa shape index (κ3) is 4.18. The van der Waals surface area contributed by atoms with Gasteiger partial charge in [0.1, 0.15) is 5.54 Å². The van der Waals surface area contributed by atoms with Crippen LogP contribution in [-0.4, -0.2) is 65.7 Å². The molecule has 1 saturated carbocycles. The molecule has 1 heterocycles. The average Bonchev–Trinajstić information content (AvgIpc) is 2.80. The Kier molecular flexibility index (Phi) is 5.63. The monoisotopic (exact) mass is 297 g/mol. The Labute approximate surface area is 128 Å². The Morgan fingerprint density at radius 3 is 2.48 bits per heavy atom. The average molecular weight is 297 g/mol. The van der Waals surface area contributed by atoms with Gasteiger partial charge in [0.15, 0.2) is 0 Å². The fraction of sp³-hybridized carbons (Fsp3) is 0.938. The number of nitrogens with two attached hydrogens (primary N) is 1. The van der Waals surface area contributed by atoms with Gasteiger partial charge in [0.05, 0.1) is 0 Å². The van der Waals surface area contributed by atoms with Gasteiger partial charge in [-0.25, -0.2) is 0 Å². The Morgan fingerprint density at radius 2 is 1.90 bits per heavy atom. The van der Waals surface area contributed by atoms with Gasteiger partial charge in [-0.1, -0.05) is 20.3 Å². The molecule has 5 nitrogen and oxygen atoms in total. The summed E-state index contributed by atoms with van der Waals surface area (Å²) in [6.07, 6.45) is 3.48. The van der Waals surface area contributed by atoms with E-state index in [-0.39, 0.29) is 5.92 Å². The van der Waals surface area contributed by atoms with E-state index in [0.717, 1.165) is 57.9 Å². The van der Waals surface area contributed by atoms with Crippen LogP contribution >= 0.6 is 0 Å². The number of hydrogen-bond acceptors (Lipinski definition) is 4. The van der Waals surface area contributed by atoms with Gasteiger partial charge in [-0.15, -0.1) is 0 Å². The summed E-state index contributed by atoms with van der Waals surface area (Å²) in [5.74, 6) is 0.0545. The maximum Gasteiger partial charge on any atom is 0.323 e. The minimum Gasteiger partial charge on any atom is -0.480 e. The van der Waals surface area contributed by atoms with Crippen LogP contribution in [0.2, 0.25) is 0 Å². The first-order valence-electron chi connectivity index (χ1n) is 8.39. The van der Waals surface area contributed by atoms with E-state index < -0.39 is 11.5 Å². The molecule has 1 saturated heterocycles. The molecule has 5 heteroatoms. The van der Waals surface area contributed by atoms with Crippen LogP contribution in [0, 0.1) is 11.8 Å². The van der Waals surface area contributed by atoms with Crippen LogP contribution in [0.4, 0.5) is 0 Å². The summed E-state index contributed by atoms with van der Waals surface area (Å²) in [7, 11) is 0. The number of carboxylic acid groups (broad SMARTS) is 1. The standard InChI is InChI=1S/C16H31N3O2/c1-13(2)12-19-10-8-18(9-11-19)7-5-14-4-3-6-16(14,17)15(20)21/h13-14H,3-12,17H2,1-2H3,(H,20,21). The van der Waals surface area contributed by atoms with Gasteiger partial charge < -0.3 is 20.6 Å². The normalized spacial score (nSPS) is 31.9. The smallest absolute Gasteiger partial charge is 0.323 e. The summed E-state index contributed by atoms with van der Waals surface area (Å²) in [6.45, 7) is 11.2. The molecule has 2 unspecified atom stereocenters. The van der Waals surface area contributed by atoms with E-state index in [1.54, 1.807) is 0 Å². The summed E-state index contributed by atoms with van der Waals surface area (Å²) >= 11 is 0. The molecule has 0 amide bonds. The molecule has 122 valence electrons. The molecule has 2 aliphatic rings. The van der Waals surface area contributed by atoms with Crippen LogP contribution in [0.3, 0.4) is 0 Å². The summed E-state index contributed by atoms with van der Waals surface area (Å²) in [6, 6.07) is 0. The zero-order valence-electron chi connectivity index (χ0n) is 13.6. The van der Waals surface area contributed by atoms with Crippen LogP contribution in [0.1, 0.15) is 39.5 Å². The lowest BCUT2D eigenvalue weighted by Crippen LogP contribution is -2.52. The molecular formula is C16H31N3O2. The van der Waals surface area contributed by atoms with Crippen molar-refractivity contribution in [2.24, 2.45) is 17.6 Å². The fourth-order valence-corrected chi connectivity index (χ4v) is 3.84. The molecule has 0 radical (unpaired) electrons. The molecule has 2 fully saturated rings. The van der Waals surface area contributed by atoms with Crippen molar-refractivity contribution < 1.29 is 9.90 Å². The van der Waals surface area contributed by atoms with Gasteiger partial charge >= 0.3 is 5.97 Å². The number of aliphatic carboxylic acids is 1. The van der Waals surface area contributed by atoms with Crippen molar-refractivity contribution in [1.29, 1.82) is 0 Å². The second kappa shape index (κ2) is 7.07. The van der Waals surface area contributed by atoms with Crippen molar-refractivity contribution in [3.63, 3.8) is 0 Å². The Balaban J connectivity index is 1.73. The topological polar surface area (TPSA) is 69.8 Å². The first-order valence-corrected chi connectivity index (χ1v) is 8.39. The number of nitrogens with zero attached hydrogens (tertiary/aromatic N) is 2. The molecule has 0 spiro atoms. The van der Waals surface area contributed by atoms with Crippen molar-refractivity contribution in [1.82, 2.24) is 9.80 Å². The van der Waals surface area contributed by atoms with Crippen molar-refractivity contribution in [3.05, 3.63) is 0 Å². The molecule has 2 atom stereocenters. The Bertz CT molecular complexity index is 353. The zero-order valence-corrected chi connectivity index (χ0v) is 13.6. The first kappa shape index (κ1) is 16.7. The van der Waals surface area contributed by atoms with E-state index in [1.165, 1.54) is 6.54 Å². The molecule has 0 aromatic rings. The third-order valence-corrected chi connectivity index (χ3v) is 5.15. The van der Waals surface area contributed by atoms with Crippen LogP contribution in [0.15, 0.2) is 0 Å². The van der Waals surface area contributed by atoms with Gasteiger partial charge in [-0.2, -0.15) is 0 Å². The minimum absolute atomic E-state index is 0.142. The van der Waals surface area contributed by atoms with Gasteiger partial charge in [-0.05, 0) is 37.6 Å². The van der Waals surface area contributed by atoms with Crippen molar-refractivity contribution in [2.75, 3.05) is 39.3 Å². The predicted molar refractivity (Wildman–Crippen MR) is 84.2 cm³/mol.